The fourth-order valence-electron chi connectivity index (χ4n) is 0.608. The molecule has 0 spiro atoms. The number of aliphatic imine (C=N–C) groups is 1. The number of nitrogens with zero attached hydrogens (tertiary/aromatic N) is 5. The van der Waals surface area contributed by atoms with Crippen molar-refractivity contribution in [1.29, 1.82) is 15.8 Å². The van der Waals surface area contributed by atoms with Gasteiger partial charge >= 0.3 is 0 Å². The molecule has 0 unspecified atom stereocenters. The van der Waals surface area contributed by atoms with E-state index in [-0.39, 0.29) is 16.3 Å². The van der Waals surface area contributed by atoms with E-state index < -0.39 is 0 Å². The molecule has 0 N–H and O–H groups in total. The maximum Gasteiger partial charge on any atom is 0.148 e. The Morgan fingerprint density at radius 3 is 2.12 bits per heavy atom. The van der Waals surface area contributed by atoms with Crippen LogP contribution in [0.3, 0.4) is 0 Å². The Morgan fingerprint density at radius 2 is 1.75 bits per heavy atom. The molecule has 0 radical (unpaired) electrons. The molecule has 0 aliphatic carbocycles. The van der Waals surface area contributed by atoms with E-state index in [0.29, 0.717) is 0 Å². The highest BCUT2D eigenvalue weighted by molar-refractivity contribution is 6.30. The monoisotopic (exact) mass is 233 g/mol. The molecule has 80 valence electrons. The van der Waals surface area contributed by atoms with Gasteiger partial charge in [-0.1, -0.05) is 11.6 Å². The van der Waals surface area contributed by atoms with Gasteiger partial charge in [-0.05, 0) is 6.08 Å². The summed E-state index contributed by atoms with van der Waals surface area (Å²) in [4.78, 5) is 5.41. The minimum atomic E-state index is -0.199. The van der Waals surface area contributed by atoms with Crippen LogP contribution in [0.5, 0.6) is 0 Å². The molecule has 0 aliphatic rings. The van der Waals surface area contributed by atoms with E-state index in [1.54, 1.807) is 37.2 Å². The van der Waals surface area contributed by atoms with Gasteiger partial charge in [-0.3, -0.25) is 0 Å². The molecule has 5 nitrogen and oxygen atoms in total. The van der Waals surface area contributed by atoms with E-state index >= 15 is 0 Å². The van der Waals surface area contributed by atoms with Gasteiger partial charge in [0.2, 0.25) is 0 Å². The van der Waals surface area contributed by atoms with Crippen molar-refractivity contribution < 1.29 is 0 Å². The fraction of sp³-hybridized carbons (Fsp3) is 0.200. The number of rotatable bonds is 3. The first kappa shape index (κ1) is 13.7. The summed E-state index contributed by atoms with van der Waals surface area (Å²) in [6, 6.07) is 5.02. The SMILES string of the molecule is CN(C)/C=N/C(Cl)=C(\C#N)C=C(C#N)C#N. The van der Waals surface area contributed by atoms with Gasteiger partial charge in [-0.25, -0.2) is 4.99 Å². The molecular formula is C10H8ClN5. The molecule has 0 aromatic carbocycles. The molecule has 0 amide bonds. The lowest BCUT2D eigenvalue weighted by atomic mass is 10.2. The Morgan fingerprint density at radius 1 is 1.19 bits per heavy atom. The number of hydrogen-bond acceptors (Lipinski definition) is 4. The van der Waals surface area contributed by atoms with Gasteiger partial charge in [0.05, 0.1) is 11.9 Å². The summed E-state index contributed by atoms with van der Waals surface area (Å²) >= 11 is 5.72. The predicted molar refractivity (Wildman–Crippen MR) is 60.0 cm³/mol. The summed E-state index contributed by atoms with van der Waals surface area (Å²) in [6.07, 6.45) is 2.50. The van der Waals surface area contributed by atoms with Crippen LogP contribution in [0.25, 0.3) is 0 Å². The normalized spacial score (nSPS) is 10.8. The minimum Gasteiger partial charge on any atom is -0.369 e. The summed E-state index contributed by atoms with van der Waals surface area (Å²) in [5, 5.41) is 25.7. The van der Waals surface area contributed by atoms with Crippen molar-refractivity contribution in [2.45, 2.75) is 0 Å². The number of allylic oxidation sites excluding steroid dienone is 3. The Hall–Kier alpha value is -2.29. The first-order chi connectivity index (χ1) is 7.54. The van der Waals surface area contributed by atoms with E-state index in [9.17, 15) is 0 Å². The number of halogens is 1. The van der Waals surface area contributed by atoms with Gasteiger partial charge in [0, 0.05) is 14.1 Å². The van der Waals surface area contributed by atoms with Crippen LogP contribution >= 0.6 is 11.6 Å². The van der Waals surface area contributed by atoms with Crippen molar-refractivity contribution in [3.63, 3.8) is 0 Å². The van der Waals surface area contributed by atoms with Crippen LogP contribution in [0.4, 0.5) is 0 Å². The lowest BCUT2D eigenvalue weighted by molar-refractivity contribution is 0.642. The van der Waals surface area contributed by atoms with Crippen LogP contribution in [0.15, 0.2) is 27.4 Å². The van der Waals surface area contributed by atoms with Gasteiger partial charge in [-0.2, -0.15) is 15.8 Å². The molecule has 0 bridgehead atoms. The maximum atomic E-state index is 8.76. The molecule has 0 aromatic rings. The Balaban J connectivity index is 5.25. The summed E-state index contributed by atoms with van der Waals surface area (Å²) in [5.74, 6) is 0. The molecule has 0 saturated heterocycles. The Labute approximate surface area is 98.8 Å². The highest BCUT2D eigenvalue weighted by Gasteiger charge is 2.02. The average Bonchev–Trinajstić information content (AvgIpc) is 2.27. The fourth-order valence-corrected chi connectivity index (χ4v) is 0.748. The highest BCUT2D eigenvalue weighted by atomic mass is 35.5. The van der Waals surface area contributed by atoms with Crippen molar-refractivity contribution in [2.24, 2.45) is 4.99 Å². The zero-order chi connectivity index (χ0) is 12.6. The van der Waals surface area contributed by atoms with Crippen molar-refractivity contribution in [3.8, 4) is 18.2 Å². The smallest absolute Gasteiger partial charge is 0.148 e. The summed E-state index contributed by atoms with van der Waals surface area (Å²) < 4.78 is 0. The molecule has 0 fully saturated rings. The van der Waals surface area contributed by atoms with Crippen molar-refractivity contribution in [2.75, 3.05) is 14.1 Å². The Bertz CT molecular complexity index is 449. The second kappa shape index (κ2) is 7.06. The van der Waals surface area contributed by atoms with Gasteiger partial charge in [0.15, 0.2) is 0 Å². The molecule has 0 saturated carbocycles. The first-order valence-corrected chi connectivity index (χ1v) is 4.45. The predicted octanol–water partition coefficient (Wildman–Crippen LogP) is 1.52. The molecule has 16 heavy (non-hydrogen) atoms. The number of hydrogen-bond donors (Lipinski definition) is 0. The van der Waals surface area contributed by atoms with Crippen LogP contribution in [0.2, 0.25) is 0 Å². The third-order valence-electron chi connectivity index (χ3n) is 1.27. The van der Waals surface area contributed by atoms with Gasteiger partial charge in [0.25, 0.3) is 0 Å². The van der Waals surface area contributed by atoms with Gasteiger partial charge < -0.3 is 4.90 Å². The molecule has 0 aromatic heterocycles. The topological polar surface area (TPSA) is 87.0 Å². The van der Waals surface area contributed by atoms with Crippen molar-refractivity contribution in [3.05, 3.63) is 22.4 Å². The lowest BCUT2D eigenvalue weighted by Gasteiger charge is -2.01. The van der Waals surface area contributed by atoms with E-state index in [0.717, 1.165) is 6.08 Å². The minimum absolute atomic E-state index is 0.0298. The van der Waals surface area contributed by atoms with E-state index in [2.05, 4.69) is 4.99 Å². The molecule has 0 atom stereocenters. The lowest BCUT2D eigenvalue weighted by Crippen LogP contribution is -2.07. The number of nitriles is 3. The third-order valence-corrected chi connectivity index (χ3v) is 1.58. The van der Waals surface area contributed by atoms with Crippen LogP contribution < -0.4 is 0 Å². The zero-order valence-corrected chi connectivity index (χ0v) is 9.52. The van der Waals surface area contributed by atoms with E-state index in [1.807, 2.05) is 0 Å². The van der Waals surface area contributed by atoms with Crippen LogP contribution in [-0.2, 0) is 0 Å². The third kappa shape index (κ3) is 4.81. The average molecular weight is 234 g/mol. The molecular weight excluding hydrogens is 226 g/mol. The standard InChI is InChI=1S/C10H8ClN5/c1-16(2)7-15-10(11)9(6-14)3-8(4-12)5-13/h3,7H,1-2H3/b10-9-,15-7+. The zero-order valence-electron chi connectivity index (χ0n) is 8.77. The highest BCUT2D eigenvalue weighted by Crippen LogP contribution is 2.13. The van der Waals surface area contributed by atoms with Crippen molar-refractivity contribution in [1.82, 2.24) is 4.90 Å². The van der Waals surface area contributed by atoms with Crippen molar-refractivity contribution >= 4 is 17.9 Å². The molecule has 0 aliphatic heterocycles. The molecule has 0 heterocycles. The second-order valence-corrected chi connectivity index (χ2v) is 3.16. The quantitative estimate of drug-likeness (QED) is 0.243. The first-order valence-electron chi connectivity index (χ1n) is 4.07. The van der Waals surface area contributed by atoms with Crippen LogP contribution in [-0.4, -0.2) is 25.3 Å². The maximum absolute atomic E-state index is 8.76. The van der Waals surface area contributed by atoms with Crippen LogP contribution in [0, 0.1) is 34.0 Å². The Kier molecular flexibility index (Phi) is 6.05. The van der Waals surface area contributed by atoms with E-state index in [4.69, 9.17) is 27.4 Å². The molecule has 0 rings (SSSR count). The summed E-state index contributed by atoms with van der Waals surface area (Å²) in [6.45, 7) is 0. The van der Waals surface area contributed by atoms with E-state index in [1.165, 1.54) is 6.34 Å². The van der Waals surface area contributed by atoms with Gasteiger partial charge in [-0.15, -0.1) is 0 Å². The van der Waals surface area contributed by atoms with Gasteiger partial charge in [0.1, 0.15) is 28.9 Å². The largest absolute Gasteiger partial charge is 0.369 e. The molecule has 6 heteroatoms. The van der Waals surface area contributed by atoms with Crippen LogP contribution in [0.1, 0.15) is 0 Å². The summed E-state index contributed by atoms with van der Waals surface area (Å²) in [7, 11) is 3.48. The summed E-state index contributed by atoms with van der Waals surface area (Å²) in [5.41, 5.74) is -0.229. The second-order valence-electron chi connectivity index (χ2n) is 2.81.